The van der Waals surface area contributed by atoms with E-state index in [4.69, 9.17) is 0 Å². The van der Waals surface area contributed by atoms with E-state index in [0.29, 0.717) is 17.0 Å². The Hall–Kier alpha value is -0.850. The lowest BCUT2D eigenvalue weighted by molar-refractivity contribution is -0.129. The molecule has 2 rings (SSSR count). The average molecular weight is 331 g/mol. The largest absolute Gasteiger partial charge is 0.342 e. The van der Waals surface area contributed by atoms with Gasteiger partial charge in [0.1, 0.15) is 0 Å². The quantitative estimate of drug-likeness (QED) is 0.674. The molecule has 0 bridgehead atoms. The molecule has 7 heteroatoms. The minimum absolute atomic E-state index is 0. The van der Waals surface area contributed by atoms with Crippen molar-refractivity contribution in [2.75, 3.05) is 25.9 Å². The molecule has 0 unspecified atom stereocenters. The predicted molar refractivity (Wildman–Crippen MR) is 88.1 cm³/mol. The van der Waals surface area contributed by atoms with Gasteiger partial charge in [-0.3, -0.25) is 4.79 Å². The lowest BCUT2D eigenvalue weighted by Crippen LogP contribution is -2.44. The molecule has 1 saturated heterocycles. The zero-order valence-corrected chi connectivity index (χ0v) is 14.4. The van der Waals surface area contributed by atoms with Crippen molar-refractivity contribution in [1.82, 2.24) is 20.2 Å². The molecule has 0 spiro atoms. The van der Waals surface area contributed by atoms with Crippen LogP contribution in [0.3, 0.4) is 0 Å². The number of hydrogen-bond acceptors (Lipinski definition) is 5. The Bertz CT molecular complexity index is 458. The molecule has 2 heterocycles. The van der Waals surface area contributed by atoms with E-state index >= 15 is 0 Å². The molecular formula is C14H23ClN4OS. The number of aromatic nitrogens is 2. The number of nitrogens with zero attached hydrogens (tertiary/aromatic N) is 3. The van der Waals surface area contributed by atoms with Crippen LogP contribution in [0.25, 0.3) is 0 Å². The second kappa shape index (κ2) is 8.56. The molecule has 1 N–H and O–H groups in total. The lowest BCUT2D eigenvalue weighted by Gasteiger charge is -2.31. The molecule has 1 aliphatic rings. The van der Waals surface area contributed by atoms with Gasteiger partial charge in [0.2, 0.25) is 5.91 Å². The van der Waals surface area contributed by atoms with Crippen LogP contribution in [0.1, 0.15) is 24.2 Å². The van der Waals surface area contributed by atoms with Crippen LogP contribution in [0, 0.1) is 13.8 Å². The summed E-state index contributed by atoms with van der Waals surface area (Å²) in [5, 5.41) is 3.97. The van der Waals surface area contributed by atoms with E-state index in [-0.39, 0.29) is 18.3 Å². The zero-order chi connectivity index (χ0) is 14.5. The molecule has 1 aromatic heterocycles. The Balaban J connectivity index is 0.00000220. The number of amides is 1. The number of carbonyl (C=O) groups excluding carboxylic acids is 1. The summed E-state index contributed by atoms with van der Waals surface area (Å²) < 4.78 is 0. The summed E-state index contributed by atoms with van der Waals surface area (Å²) in [6, 6.07) is 2.49. The standard InChI is InChI=1S/C14H22N4OS.ClH/c1-10-8-11(2)17-14(16-10)20-9-13(19)18-6-4-12(15-3)5-7-18;/h8,12,15H,4-7,9H2,1-3H3;1H. The molecule has 1 fully saturated rings. The Kier molecular flexibility index (Phi) is 7.42. The maximum Gasteiger partial charge on any atom is 0.233 e. The van der Waals surface area contributed by atoms with Crippen LogP contribution in [0.15, 0.2) is 11.2 Å². The van der Waals surface area contributed by atoms with Gasteiger partial charge in [0, 0.05) is 30.5 Å². The van der Waals surface area contributed by atoms with Crippen LogP contribution >= 0.6 is 24.2 Å². The minimum Gasteiger partial charge on any atom is -0.342 e. The van der Waals surface area contributed by atoms with Crippen molar-refractivity contribution in [3.8, 4) is 0 Å². The Morgan fingerprint density at radius 2 is 1.90 bits per heavy atom. The van der Waals surface area contributed by atoms with Gasteiger partial charge < -0.3 is 10.2 Å². The van der Waals surface area contributed by atoms with E-state index in [1.807, 2.05) is 31.9 Å². The molecule has 1 amide bonds. The smallest absolute Gasteiger partial charge is 0.233 e. The molecule has 21 heavy (non-hydrogen) atoms. The summed E-state index contributed by atoms with van der Waals surface area (Å²) >= 11 is 1.43. The molecule has 0 atom stereocenters. The van der Waals surface area contributed by atoms with Crippen LogP contribution in [0.2, 0.25) is 0 Å². The van der Waals surface area contributed by atoms with E-state index in [0.717, 1.165) is 37.3 Å². The van der Waals surface area contributed by atoms with Gasteiger partial charge in [-0.2, -0.15) is 0 Å². The molecule has 0 saturated carbocycles. The third-order valence-corrected chi connectivity index (χ3v) is 4.37. The van der Waals surface area contributed by atoms with Gasteiger partial charge in [0.25, 0.3) is 0 Å². The van der Waals surface area contributed by atoms with Crippen molar-refractivity contribution in [3.05, 3.63) is 17.5 Å². The third-order valence-electron chi connectivity index (χ3n) is 3.54. The first-order valence-electron chi connectivity index (χ1n) is 6.98. The Morgan fingerprint density at radius 3 is 2.43 bits per heavy atom. The number of thioether (sulfide) groups is 1. The first-order chi connectivity index (χ1) is 9.58. The van der Waals surface area contributed by atoms with Crippen molar-refractivity contribution >= 4 is 30.1 Å². The lowest BCUT2D eigenvalue weighted by atomic mass is 10.1. The highest BCUT2D eigenvalue weighted by atomic mass is 35.5. The maximum atomic E-state index is 12.2. The summed E-state index contributed by atoms with van der Waals surface area (Å²) in [6.45, 7) is 5.59. The van der Waals surface area contributed by atoms with Crippen molar-refractivity contribution in [2.24, 2.45) is 0 Å². The molecule has 0 radical (unpaired) electrons. The Labute approximate surface area is 136 Å². The van der Waals surface area contributed by atoms with Crippen LogP contribution in [-0.4, -0.2) is 52.7 Å². The van der Waals surface area contributed by atoms with Crippen LogP contribution in [-0.2, 0) is 4.79 Å². The molecule has 0 aliphatic carbocycles. The van der Waals surface area contributed by atoms with Crippen molar-refractivity contribution in [1.29, 1.82) is 0 Å². The second-order valence-electron chi connectivity index (χ2n) is 5.17. The number of piperidine rings is 1. The summed E-state index contributed by atoms with van der Waals surface area (Å²) in [5.41, 5.74) is 1.89. The third kappa shape index (κ3) is 5.45. The topological polar surface area (TPSA) is 58.1 Å². The van der Waals surface area contributed by atoms with Crippen molar-refractivity contribution < 1.29 is 4.79 Å². The summed E-state index contributed by atoms with van der Waals surface area (Å²) in [5.74, 6) is 0.611. The monoisotopic (exact) mass is 330 g/mol. The fourth-order valence-electron chi connectivity index (χ4n) is 2.39. The first-order valence-corrected chi connectivity index (χ1v) is 7.97. The first kappa shape index (κ1) is 18.2. The summed E-state index contributed by atoms with van der Waals surface area (Å²) in [6.07, 6.45) is 2.07. The highest BCUT2D eigenvalue weighted by Gasteiger charge is 2.21. The molecule has 1 aromatic rings. The van der Waals surface area contributed by atoms with Gasteiger partial charge in [-0.25, -0.2) is 9.97 Å². The summed E-state index contributed by atoms with van der Waals surface area (Å²) in [7, 11) is 1.98. The molecule has 118 valence electrons. The van der Waals surface area contributed by atoms with Crippen molar-refractivity contribution in [2.45, 2.75) is 37.9 Å². The molecule has 1 aliphatic heterocycles. The second-order valence-corrected chi connectivity index (χ2v) is 6.11. The average Bonchev–Trinajstić information content (AvgIpc) is 2.44. The van der Waals surface area contributed by atoms with E-state index in [1.165, 1.54) is 11.8 Å². The number of nitrogens with one attached hydrogen (secondary N) is 1. The predicted octanol–water partition coefficient (Wildman–Crippen LogP) is 1.82. The maximum absolute atomic E-state index is 12.2. The fraction of sp³-hybridized carbons (Fsp3) is 0.643. The summed E-state index contributed by atoms with van der Waals surface area (Å²) in [4.78, 5) is 22.8. The van der Waals surface area contributed by atoms with Crippen molar-refractivity contribution in [3.63, 3.8) is 0 Å². The highest BCUT2D eigenvalue weighted by molar-refractivity contribution is 7.99. The Morgan fingerprint density at radius 1 is 1.33 bits per heavy atom. The van der Waals surface area contributed by atoms with Crippen LogP contribution in [0.4, 0.5) is 0 Å². The molecule has 5 nitrogen and oxygen atoms in total. The van der Waals surface area contributed by atoms with Gasteiger partial charge in [0.15, 0.2) is 5.16 Å². The highest BCUT2D eigenvalue weighted by Crippen LogP contribution is 2.17. The van der Waals surface area contributed by atoms with Crippen LogP contribution in [0.5, 0.6) is 0 Å². The number of halogens is 1. The molecule has 0 aromatic carbocycles. The van der Waals surface area contributed by atoms with Gasteiger partial charge in [0.05, 0.1) is 5.75 Å². The SMILES string of the molecule is CNC1CCN(C(=O)CSc2nc(C)cc(C)n2)CC1.Cl. The van der Waals surface area contributed by atoms with Gasteiger partial charge in [-0.05, 0) is 39.8 Å². The van der Waals surface area contributed by atoms with E-state index in [1.54, 1.807) is 0 Å². The minimum atomic E-state index is 0. The van der Waals surface area contributed by atoms with Crippen LogP contribution < -0.4 is 5.32 Å². The van der Waals surface area contributed by atoms with E-state index in [9.17, 15) is 4.79 Å². The normalized spacial score (nSPS) is 15.7. The zero-order valence-electron chi connectivity index (χ0n) is 12.8. The van der Waals surface area contributed by atoms with E-state index in [2.05, 4.69) is 15.3 Å². The number of carbonyl (C=O) groups is 1. The van der Waals surface area contributed by atoms with E-state index < -0.39 is 0 Å². The number of aryl methyl sites for hydroxylation is 2. The van der Waals surface area contributed by atoms with Gasteiger partial charge in [-0.15, -0.1) is 12.4 Å². The van der Waals surface area contributed by atoms with Gasteiger partial charge >= 0.3 is 0 Å². The number of hydrogen-bond donors (Lipinski definition) is 1. The molecular weight excluding hydrogens is 308 g/mol. The number of rotatable bonds is 4. The number of likely N-dealkylation sites (tertiary alicyclic amines) is 1. The van der Waals surface area contributed by atoms with Gasteiger partial charge in [-0.1, -0.05) is 11.8 Å². The fourth-order valence-corrected chi connectivity index (χ4v) is 3.25.